The maximum absolute atomic E-state index is 14.5. The minimum Gasteiger partial charge on any atom is -0.495 e. The van der Waals surface area contributed by atoms with Crippen LogP contribution in [0.15, 0.2) is 106 Å². The fourth-order valence-corrected chi connectivity index (χ4v) is 6.82. The molecule has 0 bridgehead atoms. The number of amides is 2. The van der Waals surface area contributed by atoms with Crippen molar-refractivity contribution in [2.24, 2.45) is 0 Å². The van der Waals surface area contributed by atoms with Crippen molar-refractivity contribution in [3.63, 3.8) is 0 Å². The molecule has 0 heterocycles. The Bertz CT molecular complexity index is 1750. The molecule has 46 heavy (non-hydrogen) atoms. The zero-order valence-corrected chi connectivity index (χ0v) is 29.3. The number of methoxy groups -OCH3 is 1. The van der Waals surface area contributed by atoms with Crippen LogP contribution in [0.4, 0.5) is 5.69 Å². The molecule has 0 saturated carbocycles. The number of benzene rings is 4. The summed E-state index contributed by atoms with van der Waals surface area (Å²) in [7, 11) is -2.80. The second-order valence-corrected chi connectivity index (χ2v) is 14.3. The van der Waals surface area contributed by atoms with E-state index in [9.17, 15) is 18.0 Å². The first-order valence-electron chi connectivity index (χ1n) is 14.7. The van der Waals surface area contributed by atoms with Gasteiger partial charge in [-0.15, -0.1) is 0 Å². The highest BCUT2D eigenvalue weighted by atomic mass is 79.9. The molecule has 0 saturated heterocycles. The van der Waals surface area contributed by atoms with E-state index >= 15 is 0 Å². The van der Waals surface area contributed by atoms with Crippen LogP contribution in [0.1, 0.15) is 30.5 Å². The monoisotopic (exact) mass is 725 g/mol. The van der Waals surface area contributed by atoms with Gasteiger partial charge < -0.3 is 15.0 Å². The van der Waals surface area contributed by atoms with Gasteiger partial charge in [0.25, 0.3) is 10.0 Å². The zero-order chi connectivity index (χ0) is 33.4. The van der Waals surface area contributed by atoms with Gasteiger partial charge in [-0.1, -0.05) is 87.7 Å². The molecule has 1 atom stereocenters. The second kappa shape index (κ2) is 15.6. The van der Waals surface area contributed by atoms with E-state index in [1.165, 1.54) is 36.3 Å². The molecule has 4 aromatic carbocycles. The second-order valence-electron chi connectivity index (χ2n) is 11.2. The number of carbonyl (C=O) groups excluding carboxylic acids is 2. The van der Waals surface area contributed by atoms with Crippen LogP contribution in [0.5, 0.6) is 5.75 Å². The van der Waals surface area contributed by atoms with E-state index in [4.69, 9.17) is 16.3 Å². The third-order valence-corrected chi connectivity index (χ3v) is 9.89. The number of carbonyl (C=O) groups is 2. The number of sulfonamides is 1. The zero-order valence-electron chi connectivity index (χ0n) is 26.1. The molecule has 0 spiro atoms. The Kier molecular flexibility index (Phi) is 11.9. The SMILES string of the molecule is COc1ccc(N(CC(=O)N(Cc2ccc(Br)cc2)C(Cc2ccccc2)C(=O)NC(C)C)S(=O)(=O)c2ccc(C)cc2)cc1Cl. The summed E-state index contributed by atoms with van der Waals surface area (Å²) in [4.78, 5) is 29.8. The van der Waals surface area contributed by atoms with Gasteiger partial charge in [-0.25, -0.2) is 8.42 Å². The van der Waals surface area contributed by atoms with Crippen LogP contribution in [-0.2, 0) is 32.6 Å². The van der Waals surface area contributed by atoms with Gasteiger partial charge >= 0.3 is 0 Å². The summed E-state index contributed by atoms with van der Waals surface area (Å²) in [5, 5.41) is 3.14. The summed E-state index contributed by atoms with van der Waals surface area (Å²) in [6.45, 7) is 5.03. The Labute approximate surface area is 284 Å². The molecule has 4 aromatic rings. The average Bonchev–Trinajstić information content (AvgIpc) is 3.02. The molecule has 8 nitrogen and oxygen atoms in total. The average molecular weight is 727 g/mol. The van der Waals surface area contributed by atoms with Gasteiger partial charge in [-0.2, -0.15) is 0 Å². The summed E-state index contributed by atoms with van der Waals surface area (Å²) < 4.78 is 35.6. The first-order chi connectivity index (χ1) is 21.9. The normalized spacial score (nSPS) is 12.0. The van der Waals surface area contributed by atoms with E-state index in [1.54, 1.807) is 18.2 Å². The minimum absolute atomic E-state index is 0.00989. The van der Waals surface area contributed by atoms with Crippen LogP contribution >= 0.6 is 27.5 Å². The summed E-state index contributed by atoms with van der Waals surface area (Å²) in [5.74, 6) is -0.551. The number of aryl methyl sites for hydroxylation is 1. The van der Waals surface area contributed by atoms with Crippen LogP contribution in [-0.4, -0.2) is 50.9 Å². The minimum atomic E-state index is -4.26. The van der Waals surface area contributed by atoms with Crippen molar-refractivity contribution >= 4 is 55.1 Å². The Morgan fingerprint density at radius 1 is 0.913 bits per heavy atom. The summed E-state index contributed by atoms with van der Waals surface area (Å²) in [6, 6.07) is 26.6. The van der Waals surface area contributed by atoms with Gasteiger partial charge in [0.05, 0.1) is 22.7 Å². The van der Waals surface area contributed by atoms with E-state index in [-0.39, 0.29) is 40.5 Å². The molecule has 0 aliphatic heterocycles. The van der Waals surface area contributed by atoms with Crippen molar-refractivity contribution in [2.75, 3.05) is 18.0 Å². The largest absolute Gasteiger partial charge is 0.495 e. The van der Waals surface area contributed by atoms with E-state index in [2.05, 4.69) is 21.2 Å². The van der Waals surface area contributed by atoms with Crippen LogP contribution in [0, 0.1) is 6.92 Å². The lowest BCUT2D eigenvalue weighted by Gasteiger charge is -2.34. The van der Waals surface area contributed by atoms with Crippen molar-refractivity contribution in [3.8, 4) is 5.75 Å². The van der Waals surface area contributed by atoms with Gasteiger partial charge in [0.2, 0.25) is 11.8 Å². The molecule has 11 heteroatoms. The number of halogens is 2. The van der Waals surface area contributed by atoms with Crippen molar-refractivity contribution < 1.29 is 22.7 Å². The van der Waals surface area contributed by atoms with Crippen LogP contribution in [0.25, 0.3) is 0 Å². The molecular weight excluding hydrogens is 690 g/mol. The van der Waals surface area contributed by atoms with Crippen LogP contribution in [0.3, 0.4) is 0 Å². The number of ether oxygens (including phenoxy) is 1. The fourth-order valence-electron chi connectivity index (χ4n) is 4.90. The highest BCUT2D eigenvalue weighted by molar-refractivity contribution is 9.10. The third-order valence-electron chi connectivity index (χ3n) is 7.28. The number of anilines is 1. The lowest BCUT2D eigenvalue weighted by molar-refractivity contribution is -0.140. The lowest BCUT2D eigenvalue weighted by Crippen LogP contribution is -2.54. The maximum Gasteiger partial charge on any atom is 0.264 e. The van der Waals surface area contributed by atoms with Crippen molar-refractivity contribution in [2.45, 2.75) is 50.7 Å². The van der Waals surface area contributed by atoms with Gasteiger partial charge in [-0.05, 0) is 74.4 Å². The molecule has 2 amide bonds. The summed E-state index contributed by atoms with van der Waals surface area (Å²) in [6.07, 6.45) is 0.223. The molecule has 242 valence electrons. The summed E-state index contributed by atoms with van der Waals surface area (Å²) in [5.41, 5.74) is 2.68. The van der Waals surface area contributed by atoms with Crippen LogP contribution < -0.4 is 14.4 Å². The molecule has 0 radical (unpaired) electrons. The molecule has 0 aromatic heterocycles. The van der Waals surface area contributed by atoms with Gasteiger partial charge in [0.15, 0.2) is 0 Å². The molecule has 1 unspecified atom stereocenters. The lowest BCUT2D eigenvalue weighted by atomic mass is 10.0. The highest BCUT2D eigenvalue weighted by Gasteiger charge is 2.35. The molecule has 0 aliphatic carbocycles. The van der Waals surface area contributed by atoms with Crippen molar-refractivity contribution in [3.05, 3.63) is 123 Å². The topological polar surface area (TPSA) is 96.0 Å². The van der Waals surface area contributed by atoms with Crippen molar-refractivity contribution in [1.82, 2.24) is 10.2 Å². The quantitative estimate of drug-likeness (QED) is 0.164. The van der Waals surface area contributed by atoms with Gasteiger partial charge in [0, 0.05) is 23.5 Å². The molecule has 4 rings (SSSR count). The standard InChI is InChI=1S/C35H37BrClN3O5S/c1-24(2)38-35(42)32(20-26-8-6-5-7-9-26)39(22-27-12-14-28(36)15-13-27)34(41)23-40(29-16-19-33(45-4)31(37)21-29)46(43,44)30-17-10-25(3)11-18-30/h5-19,21,24,32H,20,22-23H2,1-4H3,(H,38,42). The Hall–Kier alpha value is -3.86. The number of nitrogens with zero attached hydrogens (tertiary/aromatic N) is 2. The van der Waals surface area contributed by atoms with Crippen LogP contribution in [0.2, 0.25) is 5.02 Å². The molecule has 0 fully saturated rings. The first-order valence-corrected chi connectivity index (χ1v) is 17.3. The molecule has 0 aliphatic rings. The van der Waals surface area contributed by atoms with E-state index < -0.39 is 28.5 Å². The van der Waals surface area contributed by atoms with E-state index in [0.717, 1.165) is 25.5 Å². The third kappa shape index (κ3) is 8.90. The van der Waals surface area contributed by atoms with Gasteiger partial charge in [0.1, 0.15) is 18.3 Å². The van der Waals surface area contributed by atoms with E-state index in [0.29, 0.717) is 5.75 Å². The highest BCUT2D eigenvalue weighted by Crippen LogP contribution is 2.32. The van der Waals surface area contributed by atoms with Crippen molar-refractivity contribution in [1.29, 1.82) is 0 Å². The Balaban J connectivity index is 1.82. The predicted molar refractivity (Wildman–Crippen MR) is 186 cm³/mol. The van der Waals surface area contributed by atoms with Gasteiger partial charge in [-0.3, -0.25) is 13.9 Å². The summed E-state index contributed by atoms with van der Waals surface area (Å²) >= 11 is 9.89. The van der Waals surface area contributed by atoms with E-state index in [1.807, 2.05) is 75.4 Å². The number of rotatable bonds is 13. The number of hydrogen-bond donors (Lipinski definition) is 1. The maximum atomic E-state index is 14.5. The fraction of sp³-hybridized carbons (Fsp3) is 0.257. The Morgan fingerprint density at radius 3 is 2.15 bits per heavy atom. The predicted octanol–water partition coefficient (Wildman–Crippen LogP) is 6.78. The molecular formula is C35H37BrClN3O5S. The number of hydrogen-bond acceptors (Lipinski definition) is 5. The first kappa shape index (κ1) is 35.0. The number of nitrogens with one attached hydrogen (secondary N) is 1. The molecule has 1 N–H and O–H groups in total. The Morgan fingerprint density at radius 2 is 1.57 bits per heavy atom. The smallest absolute Gasteiger partial charge is 0.264 e.